The molecule has 1 aliphatic rings. The number of nitrogens with one attached hydrogen (secondary N) is 2. The molecule has 1 rings (SSSR count). The maximum atomic E-state index is 12.4. The van der Waals surface area contributed by atoms with Gasteiger partial charge in [0.05, 0.1) is 6.04 Å². The second-order valence-electron chi connectivity index (χ2n) is 6.15. The molecule has 0 aromatic rings. The van der Waals surface area contributed by atoms with E-state index in [1.54, 1.807) is 0 Å². The van der Waals surface area contributed by atoms with Crippen LogP contribution < -0.4 is 10.6 Å². The Morgan fingerprint density at radius 3 is 2.55 bits per heavy atom. The fourth-order valence-electron chi connectivity index (χ4n) is 3.03. The Kier molecular flexibility index (Phi) is 7.52. The molecular weight excluding hydrogens is 250 g/mol. The monoisotopic (exact) mass is 283 g/mol. The van der Waals surface area contributed by atoms with E-state index >= 15 is 0 Å². The lowest BCUT2D eigenvalue weighted by molar-refractivity contribution is -0.128. The van der Waals surface area contributed by atoms with Crippen molar-refractivity contribution >= 4 is 5.91 Å². The fourth-order valence-corrected chi connectivity index (χ4v) is 3.03. The van der Waals surface area contributed by atoms with Crippen LogP contribution in [0.1, 0.15) is 60.3 Å². The Balaban J connectivity index is 2.61. The van der Waals surface area contributed by atoms with Gasteiger partial charge < -0.3 is 10.6 Å². The van der Waals surface area contributed by atoms with E-state index in [2.05, 4.69) is 50.2 Å². The molecule has 2 N–H and O–H groups in total. The molecule has 1 fully saturated rings. The summed E-state index contributed by atoms with van der Waals surface area (Å²) in [6.45, 7) is 12.7. The van der Waals surface area contributed by atoms with Crippen LogP contribution >= 0.6 is 0 Å². The van der Waals surface area contributed by atoms with Crippen molar-refractivity contribution in [2.75, 3.05) is 13.1 Å². The van der Waals surface area contributed by atoms with E-state index < -0.39 is 0 Å². The van der Waals surface area contributed by atoms with Crippen molar-refractivity contribution in [3.8, 4) is 0 Å². The highest BCUT2D eigenvalue weighted by molar-refractivity contribution is 5.81. The van der Waals surface area contributed by atoms with E-state index in [4.69, 9.17) is 0 Å². The van der Waals surface area contributed by atoms with Crippen LogP contribution in [0.25, 0.3) is 0 Å². The zero-order valence-corrected chi connectivity index (χ0v) is 13.9. The van der Waals surface area contributed by atoms with Gasteiger partial charge in [-0.25, -0.2) is 0 Å². The molecule has 1 aliphatic heterocycles. The molecule has 0 radical (unpaired) electrons. The first-order chi connectivity index (χ1) is 9.53. The lowest BCUT2D eigenvalue weighted by Crippen LogP contribution is -2.61. The minimum Gasteiger partial charge on any atom is -0.352 e. The number of rotatable bonds is 7. The fraction of sp³-hybridized carbons (Fsp3) is 0.938. The smallest absolute Gasteiger partial charge is 0.237 e. The Hall–Kier alpha value is -0.610. The van der Waals surface area contributed by atoms with Crippen LogP contribution in [0.15, 0.2) is 0 Å². The van der Waals surface area contributed by atoms with Crippen molar-refractivity contribution in [3.05, 3.63) is 0 Å². The van der Waals surface area contributed by atoms with Crippen molar-refractivity contribution in [3.63, 3.8) is 0 Å². The van der Waals surface area contributed by atoms with Gasteiger partial charge in [-0.1, -0.05) is 27.2 Å². The van der Waals surface area contributed by atoms with Gasteiger partial charge in [0.15, 0.2) is 0 Å². The maximum absolute atomic E-state index is 12.4. The Bertz CT molecular complexity index is 295. The third kappa shape index (κ3) is 4.74. The SMILES string of the molecule is CCCC(C)NC(=O)C(C)N1CC(CC)NCC1CC. The molecule has 1 heterocycles. The maximum Gasteiger partial charge on any atom is 0.237 e. The number of hydrogen-bond acceptors (Lipinski definition) is 3. The van der Waals surface area contributed by atoms with E-state index in [0.29, 0.717) is 12.1 Å². The first kappa shape index (κ1) is 17.4. The standard InChI is InChI=1S/C16H33N3O/c1-6-9-12(4)18-16(20)13(5)19-11-14(7-2)17-10-15(19)8-3/h12-15,17H,6-11H2,1-5H3,(H,18,20). The van der Waals surface area contributed by atoms with Crippen molar-refractivity contribution in [2.24, 2.45) is 0 Å². The highest BCUT2D eigenvalue weighted by Crippen LogP contribution is 2.16. The van der Waals surface area contributed by atoms with Gasteiger partial charge in [0.25, 0.3) is 0 Å². The molecule has 0 saturated carbocycles. The van der Waals surface area contributed by atoms with E-state index in [-0.39, 0.29) is 18.0 Å². The number of piperazine rings is 1. The molecule has 4 heteroatoms. The number of nitrogens with zero attached hydrogens (tertiary/aromatic N) is 1. The van der Waals surface area contributed by atoms with Gasteiger partial charge in [-0.2, -0.15) is 0 Å². The lowest BCUT2D eigenvalue weighted by Gasteiger charge is -2.43. The van der Waals surface area contributed by atoms with Gasteiger partial charge >= 0.3 is 0 Å². The highest BCUT2D eigenvalue weighted by Gasteiger charge is 2.32. The summed E-state index contributed by atoms with van der Waals surface area (Å²) in [5.74, 6) is 0.182. The summed E-state index contributed by atoms with van der Waals surface area (Å²) in [6, 6.07) is 1.23. The van der Waals surface area contributed by atoms with Crippen LogP contribution in [-0.2, 0) is 4.79 Å². The number of amides is 1. The van der Waals surface area contributed by atoms with Crippen LogP contribution in [0.5, 0.6) is 0 Å². The summed E-state index contributed by atoms with van der Waals surface area (Å²) in [7, 11) is 0. The average Bonchev–Trinajstić information content (AvgIpc) is 2.45. The summed E-state index contributed by atoms with van der Waals surface area (Å²) in [6.07, 6.45) is 4.37. The van der Waals surface area contributed by atoms with Crippen molar-refractivity contribution < 1.29 is 4.79 Å². The number of hydrogen-bond donors (Lipinski definition) is 2. The second-order valence-corrected chi connectivity index (χ2v) is 6.15. The summed E-state index contributed by atoms with van der Waals surface area (Å²) < 4.78 is 0. The third-order valence-corrected chi connectivity index (χ3v) is 4.49. The predicted molar refractivity (Wildman–Crippen MR) is 84.8 cm³/mol. The molecule has 20 heavy (non-hydrogen) atoms. The largest absolute Gasteiger partial charge is 0.352 e. The van der Waals surface area contributed by atoms with Crippen LogP contribution in [0, 0.1) is 0 Å². The van der Waals surface area contributed by atoms with Crippen molar-refractivity contribution in [2.45, 2.75) is 84.5 Å². The molecular formula is C16H33N3O. The second kappa shape index (κ2) is 8.63. The summed E-state index contributed by atoms with van der Waals surface area (Å²) >= 11 is 0. The summed E-state index contributed by atoms with van der Waals surface area (Å²) in [5.41, 5.74) is 0. The van der Waals surface area contributed by atoms with Crippen molar-refractivity contribution in [1.29, 1.82) is 0 Å². The molecule has 0 spiro atoms. The van der Waals surface area contributed by atoms with Gasteiger partial charge in [0, 0.05) is 31.2 Å². The van der Waals surface area contributed by atoms with Gasteiger partial charge in [-0.05, 0) is 33.1 Å². The summed E-state index contributed by atoms with van der Waals surface area (Å²) in [4.78, 5) is 14.8. The highest BCUT2D eigenvalue weighted by atomic mass is 16.2. The van der Waals surface area contributed by atoms with Gasteiger partial charge in [-0.15, -0.1) is 0 Å². The van der Waals surface area contributed by atoms with Crippen LogP contribution in [0.3, 0.4) is 0 Å². The molecule has 1 saturated heterocycles. The van der Waals surface area contributed by atoms with E-state index in [1.807, 2.05) is 0 Å². The topological polar surface area (TPSA) is 44.4 Å². The molecule has 0 bridgehead atoms. The first-order valence-corrected chi connectivity index (χ1v) is 8.32. The number of carbonyl (C=O) groups excluding carboxylic acids is 1. The van der Waals surface area contributed by atoms with Gasteiger partial charge in [0.2, 0.25) is 5.91 Å². The Morgan fingerprint density at radius 2 is 2.00 bits per heavy atom. The molecule has 4 unspecified atom stereocenters. The quantitative estimate of drug-likeness (QED) is 0.752. The van der Waals surface area contributed by atoms with E-state index in [0.717, 1.165) is 38.8 Å². The Morgan fingerprint density at radius 1 is 1.30 bits per heavy atom. The normalized spacial score (nSPS) is 27.1. The van der Waals surface area contributed by atoms with Gasteiger partial charge in [0.1, 0.15) is 0 Å². The zero-order chi connectivity index (χ0) is 15.1. The average molecular weight is 283 g/mol. The minimum atomic E-state index is -0.0320. The molecule has 0 aromatic carbocycles. The predicted octanol–water partition coefficient (Wildman–Crippen LogP) is 2.14. The van der Waals surface area contributed by atoms with Crippen LogP contribution in [0.2, 0.25) is 0 Å². The molecule has 1 amide bonds. The minimum absolute atomic E-state index is 0.0320. The summed E-state index contributed by atoms with van der Waals surface area (Å²) in [5, 5.41) is 6.74. The third-order valence-electron chi connectivity index (χ3n) is 4.49. The molecule has 4 nitrogen and oxygen atoms in total. The van der Waals surface area contributed by atoms with Crippen molar-refractivity contribution in [1.82, 2.24) is 15.5 Å². The van der Waals surface area contributed by atoms with E-state index in [9.17, 15) is 4.79 Å². The first-order valence-electron chi connectivity index (χ1n) is 8.32. The van der Waals surface area contributed by atoms with Gasteiger partial charge in [-0.3, -0.25) is 9.69 Å². The molecule has 0 aliphatic carbocycles. The lowest BCUT2D eigenvalue weighted by atomic mass is 10.0. The Labute approximate surface area is 124 Å². The zero-order valence-electron chi connectivity index (χ0n) is 13.9. The number of carbonyl (C=O) groups is 1. The van der Waals surface area contributed by atoms with Crippen LogP contribution in [0.4, 0.5) is 0 Å². The van der Waals surface area contributed by atoms with Crippen LogP contribution in [-0.4, -0.2) is 48.1 Å². The molecule has 4 atom stereocenters. The van der Waals surface area contributed by atoms with E-state index in [1.165, 1.54) is 0 Å². The molecule has 118 valence electrons. The molecule has 0 aromatic heterocycles.